The Balaban J connectivity index is 2.93. The highest BCUT2D eigenvalue weighted by Crippen LogP contribution is 2.15. The molecule has 3 heteroatoms. The van der Waals surface area contributed by atoms with Gasteiger partial charge < -0.3 is 10.6 Å². The van der Waals surface area contributed by atoms with Crippen molar-refractivity contribution in [3.63, 3.8) is 0 Å². The summed E-state index contributed by atoms with van der Waals surface area (Å²) in [6.45, 7) is 10.9. The Kier molecular flexibility index (Phi) is 4.32. The van der Waals surface area contributed by atoms with Gasteiger partial charge in [-0.15, -0.1) is 0 Å². The Morgan fingerprint density at radius 3 is 2.59 bits per heavy atom. The lowest BCUT2D eigenvalue weighted by Gasteiger charge is -2.21. The second-order valence-corrected chi connectivity index (χ2v) is 4.35. The maximum Gasteiger partial charge on any atom is 0.254 e. The third-order valence-corrected chi connectivity index (χ3v) is 2.66. The number of hydrogen-bond acceptors (Lipinski definition) is 2. The van der Waals surface area contributed by atoms with Crippen LogP contribution in [0.4, 0.5) is 5.69 Å². The lowest BCUT2D eigenvalue weighted by molar-refractivity contribution is 0.0778. The van der Waals surface area contributed by atoms with Gasteiger partial charge in [0.2, 0.25) is 0 Å². The van der Waals surface area contributed by atoms with Crippen LogP contribution in [0.1, 0.15) is 29.8 Å². The Labute approximate surface area is 103 Å². The van der Waals surface area contributed by atoms with Crippen LogP contribution >= 0.6 is 0 Å². The van der Waals surface area contributed by atoms with E-state index >= 15 is 0 Å². The van der Waals surface area contributed by atoms with Gasteiger partial charge >= 0.3 is 0 Å². The molecule has 0 aliphatic heterocycles. The average Bonchev–Trinajstić information content (AvgIpc) is 2.28. The van der Waals surface area contributed by atoms with E-state index in [9.17, 15) is 4.79 Å². The van der Waals surface area contributed by atoms with Gasteiger partial charge in [0.05, 0.1) is 0 Å². The van der Waals surface area contributed by atoms with E-state index in [1.54, 1.807) is 11.0 Å². The molecule has 0 aromatic heterocycles. The van der Waals surface area contributed by atoms with Crippen molar-refractivity contribution >= 4 is 11.6 Å². The van der Waals surface area contributed by atoms with Gasteiger partial charge in [0, 0.05) is 24.3 Å². The Hall–Kier alpha value is -1.77. The zero-order chi connectivity index (χ0) is 13.0. The van der Waals surface area contributed by atoms with Crippen molar-refractivity contribution < 1.29 is 4.79 Å². The van der Waals surface area contributed by atoms with Crippen LogP contribution in [0.25, 0.3) is 0 Å². The monoisotopic (exact) mass is 232 g/mol. The molecule has 0 aliphatic rings. The number of nitrogens with two attached hydrogens (primary N) is 1. The van der Waals surface area contributed by atoms with Crippen molar-refractivity contribution in [1.29, 1.82) is 0 Å². The molecule has 0 saturated heterocycles. The first-order valence-corrected chi connectivity index (χ1v) is 5.75. The molecule has 0 radical (unpaired) electrons. The van der Waals surface area contributed by atoms with Crippen molar-refractivity contribution in [3.8, 4) is 0 Å². The molecule has 17 heavy (non-hydrogen) atoms. The molecule has 0 saturated carbocycles. The van der Waals surface area contributed by atoms with Crippen molar-refractivity contribution in [1.82, 2.24) is 4.90 Å². The van der Waals surface area contributed by atoms with E-state index in [0.717, 1.165) is 11.1 Å². The molecule has 1 rings (SSSR count). The molecule has 1 aromatic rings. The molecular formula is C14H20N2O. The van der Waals surface area contributed by atoms with Gasteiger partial charge in [-0.2, -0.15) is 0 Å². The minimum atomic E-state index is 0.00204. The number of anilines is 1. The van der Waals surface area contributed by atoms with Crippen molar-refractivity contribution in [2.75, 3.05) is 18.8 Å². The van der Waals surface area contributed by atoms with Crippen LogP contribution in [0.2, 0.25) is 0 Å². The minimum absolute atomic E-state index is 0.00204. The van der Waals surface area contributed by atoms with Gasteiger partial charge in [0.1, 0.15) is 0 Å². The molecule has 1 amide bonds. The summed E-state index contributed by atoms with van der Waals surface area (Å²) >= 11 is 0. The van der Waals surface area contributed by atoms with Crippen molar-refractivity contribution in [3.05, 3.63) is 41.5 Å². The van der Waals surface area contributed by atoms with Gasteiger partial charge in [-0.25, -0.2) is 0 Å². The molecule has 0 aliphatic carbocycles. The number of benzene rings is 1. The van der Waals surface area contributed by atoms with Gasteiger partial charge in [-0.1, -0.05) is 18.2 Å². The second-order valence-electron chi connectivity index (χ2n) is 4.35. The SMILES string of the molecule is C=C(C)CN(CC)C(=O)c1ccc(C)c(N)c1. The Bertz CT molecular complexity index is 438. The molecule has 0 bridgehead atoms. The fourth-order valence-corrected chi connectivity index (χ4v) is 1.61. The smallest absolute Gasteiger partial charge is 0.254 e. The number of hydrogen-bond donors (Lipinski definition) is 1. The molecule has 0 unspecified atom stereocenters. The first-order chi connectivity index (χ1) is 7.95. The van der Waals surface area contributed by atoms with Crippen LogP contribution in [0.3, 0.4) is 0 Å². The van der Waals surface area contributed by atoms with E-state index in [1.165, 1.54) is 0 Å². The average molecular weight is 232 g/mol. The Morgan fingerprint density at radius 1 is 1.47 bits per heavy atom. The summed E-state index contributed by atoms with van der Waals surface area (Å²) in [6, 6.07) is 5.42. The third-order valence-electron chi connectivity index (χ3n) is 2.66. The molecule has 2 N–H and O–H groups in total. The summed E-state index contributed by atoms with van der Waals surface area (Å²) in [5, 5.41) is 0. The summed E-state index contributed by atoms with van der Waals surface area (Å²) in [7, 11) is 0. The van der Waals surface area contributed by atoms with Crippen LogP contribution in [0, 0.1) is 6.92 Å². The maximum absolute atomic E-state index is 12.2. The zero-order valence-electron chi connectivity index (χ0n) is 10.8. The van der Waals surface area contributed by atoms with Crippen LogP contribution in [-0.4, -0.2) is 23.9 Å². The molecule has 92 valence electrons. The van der Waals surface area contributed by atoms with E-state index in [0.29, 0.717) is 24.3 Å². The van der Waals surface area contributed by atoms with Crippen LogP contribution in [0.5, 0.6) is 0 Å². The normalized spacial score (nSPS) is 10.1. The molecule has 0 spiro atoms. The molecule has 0 fully saturated rings. The van der Waals surface area contributed by atoms with Gasteiger partial charge in [-0.05, 0) is 38.5 Å². The quantitative estimate of drug-likeness (QED) is 0.640. The lowest BCUT2D eigenvalue weighted by Crippen LogP contribution is -2.32. The van der Waals surface area contributed by atoms with E-state index in [-0.39, 0.29) is 5.91 Å². The van der Waals surface area contributed by atoms with E-state index in [1.807, 2.05) is 32.9 Å². The summed E-state index contributed by atoms with van der Waals surface area (Å²) in [4.78, 5) is 14.0. The third kappa shape index (κ3) is 3.34. The number of nitrogen functional groups attached to an aromatic ring is 1. The van der Waals surface area contributed by atoms with E-state index < -0.39 is 0 Å². The largest absolute Gasteiger partial charge is 0.398 e. The summed E-state index contributed by atoms with van der Waals surface area (Å²) in [5.74, 6) is 0.00204. The summed E-state index contributed by atoms with van der Waals surface area (Å²) < 4.78 is 0. The Morgan fingerprint density at radius 2 is 2.12 bits per heavy atom. The number of carbonyl (C=O) groups is 1. The summed E-state index contributed by atoms with van der Waals surface area (Å²) in [6.07, 6.45) is 0. The van der Waals surface area contributed by atoms with Gasteiger partial charge in [-0.3, -0.25) is 4.79 Å². The second kappa shape index (κ2) is 5.53. The highest BCUT2D eigenvalue weighted by atomic mass is 16.2. The van der Waals surface area contributed by atoms with Gasteiger partial charge in [0.25, 0.3) is 5.91 Å². The number of rotatable bonds is 4. The first-order valence-electron chi connectivity index (χ1n) is 5.75. The number of aryl methyl sites for hydroxylation is 1. The molecular weight excluding hydrogens is 212 g/mol. The fraction of sp³-hybridized carbons (Fsp3) is 0.357. The lowest BCUT2D eigenvalue weighted by atomic mass is 10.1. The molecule has 3 nitrogen and oxygen atoms in total. The topological polar surface area (TPSA) is 46.3 Å². The number of amides is 1. The predicted molar refractivity (Wildman–Crippen MR) is 72.0 cm³/mol. The van der Waals surface area contributed by atoms with E-state index in [4.69, 9.17) is 5.73 Å². The van der Waals surface area contributed by atoms with Crippen molar-refractivity contribution in [2.24, 2.45) is 0 Å². The van der Waals surface area contributed by atoms with Crippen LogP contribution in [-0.2, 0) is 0 Å². The molecule has 0 heterocycles. The maximum atomic E-state index is 12.2. The van der Waals surface area contributed by atoms with Crippen LogP contribution < -0.4 is 5.73 Å². The van der Waals surface area contributed by atoms with Crippen molar-refractivity contribution in [2.45, 2.75) is 20.8 Å². The highest BCUT2D eigenvalue weighted by molar-refractivity contribution is 5.95. The molecule has 0 atom stereocenters. The fourth-order valence-electron chi connectivity index (χ4n) is 1.61. The van der Waals surface area contributed by atoms with Crippen LogP contribution in [0.15, 0.2) is 30.4 Å². The minimum Gasteiger partial charge on any atom is -0.398 e. The number of nitrogens with zero attached hydrogens (tertiary/aromatic N) is 1. The number of likely N-dealkylation sites (N-methyl/N-ethyl adjacent to an activating group) is 1. The molecule has 1 aromatic carbocycles. The first kappa shape index (κ1) is 13.3. The van der Waals surface area contributed by atoms with Gasteiger partial charge in [0.15, 0.2) is 0 Å². The predicted octanol–water partition coefficient (Wildman–Crippen LogP) is 2.62. The number of carbonyl (C=O) groups excluding carboxylic acids is 1. The summed E-state index contributed by atoms with van der Waals surface area (Å²) in [5.41, 5.74) is 9.07. The standard InChI is InChI=1S/C14H20N2O/c1-5-16(9-10(2)3)14(17)12-7-6-11(4)13(15)8-12/h6-8H,2,5,9,15H2,1,3-4H3. The zero-order valence-corrected chi connectivity index (χ0v) is 10.8. The van der Waals surface area contributed by atoms with E-state index in [2.05, 4.69) is 6.58 Å². The highest BCUT2D eigenvalue weighted by Gasteiger charge is 2.14.